The van der Waals surface area contributed by atoms with Gasteiger partial charge in [0.05, 0.1) is 0 Å². The Labute approximate surface area is 139 Å². The van der Waals surface area contributed by atoms with Crippen molar-refractivity contribution in [3.63, 3.8) is 0 Å². The summed E-state index contributed by atoms with van der Waals surface area (Å²) in [6.07, 6.45) is 1.59. The molecule has 0 N–H and O–H groups in total. The number of fused-ring (bicyclic) bond motifs is 1. The molecule has 1 heterocycles. The van der Waals surface area contributed by atoms with Gasteiger partial charge in [-0.3, -0.25) is 0 Å². The van der Waals surface area contributed by atoms with Crippen LogP contribution in [0.5, 0.6) is 0 Å². The fraction of sp³-hybridized carbons (Fsp3) is 0.350. The van der Waals surface area contributed by atoms with Gasteiger partial charge in [-0.05, 0) is 44.4 Å². The fourth-order valence-corrected chi connectivity index (χ4v) is 1.80. The molecule has 0 atom stereocenters. The van der Waals surface area contributed by atoms with Gasteiger partial charge in [0, 0.05) is 17.5 Å². The molecule has 1 aromatic carbocycles. The minimum absolute atomic E-state index is 0.169. The summed E-state index contributed by atoms with van der Waals surface area (Å²) < 4.78 is 25.6. The van der Waals surface area contributed by atoms with Crippen LogP contribution < -0.4 is 4.57 Å². The van der Waals surface area contributed by atoms with Crippen molar-refractivity contribution >= 4 is 10.9 Å². The second kappa shape index (κ2) is 11.5. The summed E-state index contributed by atoms with van der Waals surface area (Å²) in [5.74, 6) is 0. The van der Waals surface area contributed by atoms with E-state index in [1.807, 2.05) is 20.8 Å². The molecule has 0 amide bonds. The van der Waals surface area contributed by atoms with E-state index in [0.717, 1.165) is 5.57 Å². The molecule has 0 unspecified atom stereocenters. The van der Waals surface area contributed by atoms with E-state index in [0.29, 0.717) is 12.8 Å². The van der Waals surface area contributed by atoms with Crippen molar-refractivity contribution in [1.82, 2.24) is 0 Å². The molecule has 0 radical (unpaired) electrons. The zero-order chi connectivity index (χ0) is 17.8. The highest BCUT2D eigenvalue weighted by atomic mass is 19.3. The van der Waals surface area contributed by atoms with Crippen LogP contribution in [0.2, 0.25) is 0 Å². The van der Waals surface area contributed by atoms with Crippen molar-refractivity contribution < 1.29 is 13.3 Å². The molecule has 0 fully saturated rings. The van der Waals surface area contributed by atoms with Gasteiger partial charge in [0.1, 0.15) is 7.05 Å². The number of halogens is 2. The van der Waals surface area contributed by atoms with Crippen LogP contribution in [0.15, 0.2) is 66.4 Å². The minimum Gasteiger partial charge on any atom is -0.201 e. The van der Waals surface area contributed by atoms with Gasteiger partial charge in [-0.25, -0.2) is 4.57 Å². The van der Waals surface area contributed by atoms with Crippen LogP contribution in [0.3, 0.4) is 0 Å². The molecule has 0 aliphatic heterocycles. The third-order valence-electron chi connectivity index (χ3n) is 3.15. The number of aryl methyl sites for hydroxylation is 1. The maximum absolute atomic E-state index is 11.7. The van der Waals surface area contributed by atoms with E-state index in [1.54, 1.807) is 0 Å². The van der Waals surface area contributed by atoms with E-state index < -0.39 is 6.08 Å². The molecule has 126 valence electrons. The first-order valence-electron chi connectivity index (χ1n) is 7.90. The number of rotatable bonds is 3. The summed E-state index contributed by atoms with van der Waals surface area (Å²) in [6, 6.07) is 12.5. The van der Waals surface area contributed by atoms with Gasteiger partial charge in [-0.15, -0.1) is 6.58 Å². The topological polar surface area (TPSA) is 3.88 Å². The summed E-state index contributed by atoms with van der Waals surface area (Å²) in [5.41, 5.74) is 2.39. The van der Waals surface area contributed by atoms with E-state index in [-0.39, 0.29) is 5.57 Å². The van der Waals surface area contributed by atoms with Crippen molar-refractivity contribution in [2.24, 2.45) is 7.05 Å². The maximum atomic E-state index is 11.7. The van der Waals surface area contributed by atoms with Crippen molar-refractivity contribution in [3.05, 3.63) is 66.4 Å². The average molecular weight is 320 g/mol. The highest BCUT2D eigenvalue weighted by Gasteiger charge is 1.99. The third kappa shape index (κ3) is 8.24. The van der Waals surface area contributed by atoms with Crippen molar-refractivity contribution in [3.8, 4) is 0 Å². The van der Waals surface area contributed by atoms with Crippen LogP contribution in [0.25, 0.3) is 10.9 Å². The molecule has 0 saturated carbocycles. The Morgan fingerprint density at radius 1 is 1.00 bits per heavy atom. The monoisotopic (exact) mass is 320 g/mol. The lowest BCUT2D eigenvalue weighted by atomic mass is 10.1. The van der Waals surface area contributed by atoms with Gasteiger partial charge in [-0.2, -0.15) is 8.78 Å². The van der Waals surface area contributed by atoms with Gasteiger partial charge in [0.15, 0.2) is 6.20 Å². The Hall–Kier alpha value is -2.03. The third-order valence-corrected chi connectivity index (χ3v) is 3.15. The number of allylic oxidation sites excluding steroid dienone is 2. The summed E-state index contributed by atoms with van der Waals surface area (Å²) in [4.78, 5) is 0. The molecule has 0 spiro atoms. The van der Waals surface area contributed by atoms with Gasteiger partial charge in [0.2, 0.25) is 5.52 Å². The van der Waals surface area contributed by atoms with Crippen LogP contribution in [-0.4, -0.2) is 0 Å². The van der Waals surface area contributed by atoms with Crippen molar-refractivity contribution in [2.45, 2.75) is 40.5 Å². The Kier molecular flexibility index (Phi) is 10.5. The standard InChI is InChI=1S/C10H10N.C8H12F2.C2H6/c1-11-8-4-6-9-5-2-3-7-10(9)11;1-6(2)4-5-7(3)8(9)10;1-2/h2-8H,1H3;1,4-5H2,2-3H3;1-2H3/q+1;;. The lowest BCUT2D eigenvalue weighted by molar-refractivity contribution is -0.644. The highest BCUT2D eigenvalue weighted by Crippen LogP contribution is 2.14. The number of aromatic nitrogens is 1. The zero-order valence-electron chi connectivity index (χ0n) is 14.9. The molecule has 0 bridgehead atoms. The van der Waals surface area contributed by atoms with Crippen LogP contribution in [0, 0.1) is 0 Å². The molecule has 23 heavy (non-hydrogen) atoms. The Morgan fingerprint density at radius 3 is 2.09 bits per heavy atom. The molecule has 3 heteroatoms. The molecule has 2 aromatic rings. The van der Waals surface area contributed by atoms with E-state index >= 15 is 0 Å². The Morgan fingerprint density at radius 2 is 1.57 bits per heavy atom. The molecular weight excluding hydrogens is 292 g/mol. The minimum atomic E-state index is -1.55. The van der Waals surface area contributed by atoms with Crippen molar-refractivity contribution in [1.29, 1.82) is 0 Å². The number of hydrogen-bond acceptors (Lipinski definition) is 0. The number of benzene rings is 1. The van der Waals surface area contributed by atoms with Crippen LogP contribution >= 0.6 is 0 Å². The predicted molar refractivity (Wildman–Crippen MR) is 95.4 cm³/mol. The number of nitrogens with zero attached hydrogens (tertiary/aromatic N) is 1. The van der Waals surface area contributed by atoms with Gasteiger partial charge in [-0.1, -0.05) is 31.6 Å². The molecule has 1 nitrogen and oxygen atoms in total. The second-order valence-electron chi connectivity index (χ2n) is 5.18. The molecule has 2 rings (SSSR count). The van der Waals surface area contributed by atoms with Crippen LogP contribution in [0.1, 0.15) is 40.5 Å². The average Bonchev–Trinajstić information content (AvgIpc) is 2.55. The highest BCUT2D eigenvalue weighted by molar-refractivity contribution is 5.74. The zero-order valence-corrected chi connectivity index (χ0v) is 14.9. The van der Waals surface area contributed by atoms with Gasteiger partial charge in [0.25, 0.3) is 6.08 Å². The van der Waals surface area contributed by atoms with Crippen LogP contribution in [0.4, 0.5) is 8.78 Å². The lowest BCUT2D eigenvalue weighted by Crippen LogP contribution is -2.27. The number of para-hydroxylation sites is 1. The summed E-state index contributed by atoms with van der Waals surface area (Å²) in [6.45, 7) is 10.9. The second-order valence-corrected chi connectivity index (χ2v) is 5.18. The van der Waals surface area contributed by atoms with Crippen molar-refractivity contribution in [2.75, 3.05) is 0 Å². The number of hydrogen-bond donors (Lipinski definition) is 0. The maximum Gasteiger partial charge on any atom is 0.269 e. The first kappa shape index (κ1) is 21.0. The first-order valence-corrected chi connectivity index (χ1v) is 7.90. The van der Waals surface area contributed by atoms with Crippen LogP contribution in [-0.2, 0) is 7.05 Å². The Bertz CT molecular complexity index is 636. The largest absolute Gasteiger partial charge is 0.269 e. The molecule has 1 aromatic heterocycles. The smallest absolute Gasteiger partial charge is 0.201 e. The molecule has 0 aliphatic rings. The molecule has 0 saturated heterocycles. The SMILES string of the molecule is C=C(C)CCC(C)=C(F)F.CC.C[n+]1cccc2ccccc21. The van der Waals surface area contributed by atoms with Gasteiger partial charge >= 0.3 is 0 Å². The van der Waals surface area contributed by atoms with E-state index in [2.05, 4.69) is 60.8 Å². The lowest BCUT2D eigenvalue weighted by Gasteiger charge is -1.97. The Balaban J connectivity index is 0.000000383. The predicted octanol–water partition coefficient (Wildman–Crippen LogP) is 6.20. The number of pyridine rings is 1. The van der Waals surface area contributed by atoms with E-state index in [4.69, 9.17) is 0 Å². The fourth-order valence-electron chi connectivity index (χ4n) is 1.80. The molecular formula is C20H28F2N+. The van der Waals surface area contributed by atoms with Gasteiger partial charge < -0.3 is 0 Å². The summed E-state index contributed by atoms with van der Waals surface area (Å²) >= 11 is 0. The quantitative estimate of drug-likeness (QED) is 0.468. The summed E-state index contributed by atoms with van der Waals surface area (Å²) in [7, 11) is 2.06. The summed E-state index contributed by atoms with van der Waals surface area (Å²) in [5, 5.41) is 1.29. The van der Waals surface area contributed by atoms with E-state index in [1.165, 1.54) is 17.8 Å². The normalized spacial score (nSPS) is 9.17. The molecule has 0 aliphatic carbocycles. The first-order chi connectivity index (χ1) is 10.9. The van der Waals surface area contributed by atoms with E-state index in [9.17, 15) is 8.78 Å².